The van der Waals surface area contributed by atoms with E-state index < -0.39 is 60.2 Å². The molecule has 0 saturated heterocycles. The molecule has 0 radical (unpaired) electrons. The maximum atomic E-state index is 13.3. The van der Waals surface area contributed by atoms with Gasteiger partial charge in [0.2, 0.25) is 17.7 Å². The van der Waals surface area contributed by atoms with Crippen molar-refractivity contribution in [2.24, 2.45) is 17.4 Å². The van der Waals surface area contributed by atoms with Gasteiger partial charge in [0.25, 0.3) is 0 Å². The van der Waals surface area contributed by atoms with Crippen LogP contribution in [0.1, 0.15) is 57.9 Å². The molecule has 0 saturated carbocycles. The molecule has 0 heterocycles. The second-order valence-corrected chi connectivity index (χ2v) is 9.85. The second kappa shape index (κ2) is 17.0. The number of aromatic hydroxyl groups is 1. The Morgan fingerprint density at radius 2 is 1.38 bits per heavy atom. The largest absolute Gasteiger partial charge is 0.508 e. The highest BCUT2D eigenvalue weighted by molar-refractivity contribution is 5.94. The Labute approximate surface area is 227 Å². The van der Waals surface area contributed by atoms with Gasteiger partial charge in [-0.25, -0.2) is 4.79 Å². The molecule has 0 bridgehead atoms. The van der Waals surface area contributed by atoms with Gasteiger partial charge in [0.15, 0.2) is 0 Å². The van der Waals surface area contributed by atoms with Crippen molar-refractivity contribution in [1.82, 2.24) is 16.0 Å². The van der Waals surface area contributed by atoms with Crippen molar-refractivity contribution in [3.63, 3.8) is 0 Å². The number of hydrogen-bond donors (Lipinski definition) is 8. The highest BCUT2D eigenvalue weighted by Gasteiger charge is 2.30. The first-order valence-corrected chi connectivity index (χ1v) is 12.9. The molecule has 0 aromatic heterocycles. The topological polar surface area (TPSA) is 234 Å². The van der Waals surface area contributed by atoms with Gasteiger partial charge in [-0.15, -0.1) is 0 Å². The fourth-order valence-corrected chi connectivity index (χ4v) is 3.80. The highest BCUT2D eigenvalue weighted by atomic mass is 16.4. The third kappa shape index (κ3) is 13.1. The number of phenols is 1. The van der Waals surface area contributed by atoms with E-state index in [0.29, 0.717) is 31.4 Å². The standard InChI is InChI=1S/C26H41N5O8/c1-15(2)13-18(28)23(35)29-19(5-3-4-12-27)24(36)31-21(14-16-6-8-17(32)9-7-16)25(37)30-20(26(38)39)10-11-22(33)34/h6-9,15,18-21,32H,3-5,10-14,27-28H2,1-2H3,(H,29,35)(H,30,37)(H,31,36)(H,33,34)(H,38,39). The van der Waals surface area contributed by atoms with Gasteiger partial charge in [-0.2, -0.15) is 0 Å². The lowest BCUT2D eigenvalue weighted by atomic mass is 10.0. The number of nitrogens with one attached hydrogen (secondary N) is 3. The van der Waals surface area contributed by atoms with Crippen molar-refractivity contribution in [3.8, 4) is 5.75 Å². The number of benzene rings is 1. The smallest absolute Gasteiger partial charge is 0.326 e. The Hall–Kier alpha value is -3.71. The van der Waals surface area contributed by atoms with Crippen LogP contribution in [-0.2, 0) is 30.4 Å². The van der Waals surface area contributed by atoms with Crippen LogP contribution in [0.4, 0.5) is 0 Å². The van der Waals surface area contributed by atoms with Crippen molar-refractivity contribution in [1.29, 1.82) is 0 Å². The van der Waals surface area contributed by atoms with E-state index in [1.54, 1.807) is 0 Å². The summed E-state index contributed by atoms with van der Waals surface area (Å²) in [6.07, 6.45) is 0.826. The number of phenolic OH excluding ortho intramolecular Hbond substituents is 1. The number of unbranched alkanes of at least 4 members (excludes halogenated alkanes) is 1. The molecule has 0 aliphatic rings. The Balaban J connectivity index is 3.15. The average Bonchev–Trinajstić information content (AvgIpc) is 2.85. The molecular formula is C26H41N5O8. The number of amides is 3. The normalized spacial score (nSPS) is 14.1. The number of aliphatic carboxylic acids is 2. The summed E-state index contributed by atoms with van der Waals surface area (Å²) in [5.74, 6) is -4.55. The summed E-state index contributed by atoms with van der Waals surface area (Å²) in [7, 11) is 0. The summed E-state index contributed by atoms with van der Waals surface area (Å²) in [5, 5.41) is 35.4. The van der Waals surface area contributed by atoms with Crippen LogP contribution in [0.25, 0.3) is 0 Å². The number of hydrogen-bond acceptors (Lipinski definition) is 8. The minimum Gasteiger partial charge on any atom is -0.508 e. The fourth-order valence-electron chi connectivity index (χ4n) is 3.80. The molecule has 0 fully saturated rings. The minimum atomic E-state index is -1.50. The first kappa shape index (κ1) is 33.3. The van der Waals surface area contributed by atoms with E-state index in [2.05, 4.69) is 16.0 Å². The van der Waals surface area contributed by atoms with Crippen molar-refractivity contribution in [2.75, 3.05) is 6.54 Å². The molecule has 13 nitrogen and oxygen atoms in total. The predicted octanol–water partition coefficient (Wildman–Crippen LogP) is -0.159. The molecular weight excluding hydrogens is 510 g/mol. The van der Waals surface area contributed by atoms with Gasteiger partial charge in [0, 0.05) is 12.8 Å². The van der Waals surface area contributed by atoms with Gasteiger partial charge >= 0.3 is 11.9 Å². The second-order valence-electron chi connectivity index (χ2n) is 9.85. The summed E-state index contributed by atoms with van der Waals surface area (Å²) < 4.78 is 0. The third-order valence-electron chi connectivity index (χ3n) is 5.91. The zero-order valence-electron chi connectivity index (χ0n) is 22.4. The van der Waals surface area contributed by atoms with E-state index in [1.807, 2.05) is 13.8 Å². The Morgan fingerprint density at radius 1 is 0.821 bits per heavy atom. The quantitative estimate of drug-likeness (QED) is 0.112. The molecule has 0 aliphatic carbocycles. The average molecular weight is 552 g/mol. The van der Waals surface area contributed by atoms with Crippen molar-refractivity contribution >= 4 is 29.7 Å². The molecule has 1 rings (SSSR count). The lowest BCUT2D eigenvalue weighted by Gasteiger charge is -2.25. The van der Waals surface area contributed by atoms with Gasteiger partial charge in [0.1, 0.15) is 23.9 Å². The van der Waals surface area contributed by atoms with Crippen LogP contribution in [0.15, 0.2) is 24.3 Å². The molecule has 3 amide bonds. The summed E-state index contributed by atoms with van der Waals surface area (Å²) in [5.41, 5.74) is 12.1. The molecule has 39 heavy (non-hydrogen) atoms. The number of carboxylic acid groups (broad SMARTS) is 2. The number of rotatable bonds is 18. The number of carbonyl (C=O) groups is 5. The number of carbonyl (C=O) groups excluding carboxylic acids is 3. The Morgan fingerprint density at radius 3 is 1.92 bits per heavy atom. The van der Waals surface area contributed by atoms with E-state index in [0.717, 1.165) is 0 Å². The van der Waals surface area contributed by atoms with Crippen LogP contribution < -0.4 is 27.4 Å². The lowest BCUT2D eigenvalue weighted by Crippen LogP contribution is -2.57. The third-order valence-corrected chi connectivity index (χ3v) is 5.91. The Bertz CT molecular complexity index is 970. The molecule has 1 aromatic carbocycles. The van der Waals surface area contributed by atoms with Crippen LogP contribution in [-0.4, -0.2) is 75.7 Å². The van der Waals surface area contributed by atoms with E-state index in [1.165, 1.54) is 24.3 Å². The van der Waals surface area contributed by atoms with Gasteiger partial charge < -0.3 is 42.7 Å². The van der Waals surface area contributed by atoms with Gasteiger partial charge in [-0.05, 0) is 62.3 Å². The van der Waals surface area contributed by atoms with Crippen molar-refractivity contribution in [3.05, 3.63) is 29.8 Å². The molecule has 0 spiro atoms. The van der Waals surface area contributed by atoms with Crippen molar-refractivity contribution in [2.45, 2.75) is 83.0 Å². The van der Waals surface area contributed by atoms with E-state index in [9.17, 15) is 34.2 Å². The number of carboxylic acids is 2. The van der Waals surface area contributed by atoms with Crippen LogP contribution >= 0.6 is 0 Å². The maximum absolute atomic E-state index is 13.3. The van der Waals surface area contributed by atoms with E-state index >= 15 is 0 Å². The monoisotopic (exact) mass is 551 g/mol. The van der Waals surface area contributed by atoms with Crippen LogP contribution in [0.2, 0.25) is 0 Å². The maximum Gasteiger partial charge on any atom is 0.326 e. The minimum absolute atomic E-state index is 0.0104. The fraction of sp³-hybridized carbons (Fsp3) is 0.577. The SMILES string of the molecule is CC(C)CC(N)C(=O)NC(CCCCN)C(=O)NC(Cc1ccc(O)cc1)C(=O)NC(CCC(=O)O)C(=O)O. The van der Waals surface area contributed by atoms with E-state index in [4.69, 9.17) is 16.6 Å². The van der Waals surface area contributed by atoms with Crippen LogP contribution in [0, 0.1) is 5.92 Å². The zero-order chi connectivity index (χ0) is 29.5. The summed E-state index contributed by atoms with van der Waals surface area (Å²) in [4.78, 5) is 61.6. The zero-order valence-corrected chi connectivity index (χ0v) is 22.4. The first-order valence-electron chi connectivity index (χ1n) is 12.9. The molecule has 1 aromatic rings. The molecule has 218 valence electrons. The van der Waals surface area contributed by atoms with E-state index in [-0.39, 0.29) is 30.9 Å². The van der Waals surface area contributed by atoms with Crippen molar-refractivity contribution < 1.29 is 39.3 Å². The van der Waals surface area contributed by atoms with Crippen LogP contribution in [0.3, 0.4) is 0 Å². The molecule has 10 N–H and O–H groups in total. The highest BCUT2D eigenvalue weighted by Crippen LogP contribution is 2.13. The van der Waals surface area contributed by atoms with Crippen LogP contribution in [0.5, 0.6) is 5.75 Å². The first-order chi connectivity index (χ1) is 18.3. The molecule has 13 heteroatoms. The lowest BCUT2D eigenvalue weighted by molar-refractivity contribution is -0.143. The predicted molar refractivity (Wildman–Crippen MR) is 142 cm³/mol. The summed E-state index contributed by atoms with van der Waals surface area (Å²) in [6.45, 7) is 4.20. The molecule has 4 atom stereocenters. The molecule has 4 unspecified atom stereocenters. The summed E-state index contributed by atoms with van der Waals surface area (Å²) >= 11 is 0. The van der Waals surface area contributed by atoms with Gasteiger partial charge in [-0.1, -0.05) is 26.0 Å². The Kier molecular flexibility index (Phi) is 14.5. The number of nitrogens with two attached hydrogens (primary N) is 2. The van der Waals surface area contributed by atoms with Gasteiger partial charge in [0.05, 0.1) is 6.04 Å². The summed E-state index contributed by atoms with van der Waals surface area (Å²) in [6, 6.07) is 1.22. The van der Waals surface area contributed by atoms with Gasteiger partial charge in [-0.3, -0.25) is 19.2 Å². The molecule has 0 aliphatic heterocycles.